The van der Waals surface area contributed by atoms with Crippen molar-refractivity contribution in [2.75, 3.05) is 25.0 Å². The van der Waals surface area contributed by atoms with E-state index in [0.29, 0.717) is 17.6 Å². The van der Waals surface area contributed by atoms with Crippen molar-refractivity contribution in [1.82, 2.24) is 15.6 Å². The highest BCUT2D eigenvalue weighted by Gasteiger charge is 2.25. The summed E-state index contributed by atoms with van der Waals surface area (Å²) >= 11 is 12.2. The fraction of sp³-hybridized carbons (Fsp3) is 0.333. The maximum absolute atomic E-state index is 6.24. The van der Waals surface area contributed by atoms with Crippen molar-refractivity contribution in [2.45, 2.75) is 19.0 Å². The monoisotopic (exact) mass is 505 g/mol. The number of nitrogens with one attached hydrogen (secondary N) is 2. The summed E-state index contributed by atoms with van der Waals surface area (Å²) in [5.41, 5.74) is 1.15. The molecule has 1 atom stereocenters. The SMILES string of the molecule is CN=C(NCc1ccc(Cl)cc1)NC1CCN(c2ncccc2Cl)C1.I. The van der Waals surface area contributed by atoms with Gasteiger partial charge in [-0.2, -0.15) is 0 Å². The standard InChI is InChI=1S/C18H21Cl2N5.HI/c1-21-18(23-11-13-4-6-14(19)7-5-13)24-15-8-10-25(12-15)17-16(20)3-2-9-22-17;/h2-7,9,15H,8,10-12H2,1H3,(H2,21,23,24);1H. The van der Waals surface area contributed by atoms with Crippen LogP contribution in [0.4, 0.5) is 5.82 Å². The second-order valence-electron chi connectivity index (χ2n) is 5.94. The molecule has 1 fully saturated rings. The number of hydrogen-bond donors (Lipinski definition) is 2. The van der Waals surface area contributed by atoms with Crippen LogP contribution in [0.15, 0.2) is 47.6 Å². The molecule has 0 radical (unpaired) electrons. The van der Waals surface area contributed by atoms with E-state index in [0.717, 1.165) is 41.9 Å². The molecule has 2 N–H and O–H groups in total. The maximum atomic E-state index is 6.24. The minimum Gasteiger partial charge on any atom is -0.353 e. The Morgan fingerprint density at radius 1 is 1.27 bits per heavy atom. The first-order valence-corrected chi connectivity index (χ1v) is 8.98. The van der Waals surface area contributed by atoms with E-state index in [-0.39, 0.29) is 24.0 Å². The van der Waals surface area contributed by atoms with Gasteiger partial charge in [-0.05, 0) is 36.2 Å². The normalized spacial score (nSPS) is 17.0. The van der Waals surface area contributed by atoms with Crippen LogP contribution in [0.1, 0.15) is 12.0 Å². The van der Waals surface area contributed by atoms with Gasteiger partial charge in [-0.1, -0.05) is 35.3 Å². The second kappa shape index (κ2) is 10.2. The summed E-state index contributed by atoms with van der Waals surface area (Å²) in [7, 11) is 1.78. The summed E-state index contributed by atoms with van der Waals surface area (Å²) < 4.78 is 0. The third-order valence-corrected chi connectivity index (χ3v) is 4.71. The smallest absolute Gasteiger partial charge is 0.191 e. The summed E-state index contributed by atoms with van der Waals surface area (Å²) in [6.45, 7) is 2.46. The van der Waals surface area contributed by atoms with Crippen LogP contribution < -0.4 is 15.5 Å². The Hall–Kier alpha value is -1.25. The maximum Gasteiger partial charge on any atom is 0.191 e. The van der Waals surface area contributed by atoms with Crippen molar-refractivity contribution in [3.05, 3.63) is 58.2 Å². The first-order chi connectivity index (χ1) is 12.2. The van der Waals surface area contributed by atoms with Crippen molar-refractivity contribution < 1.29 is 0 Å². The Balaban J connectivity index is 0.00000243. The van der Waals surface area contributed by atoms with Gasteiger partial charge in [-0.15, -0.1) is 24.0 Å². The van der Waals surface area contributed by atoms with Gasteiger partial charge in [-0.3, -0.25) is 4.99 Å². The van der Waals surface area contributed by atoms with Gasteiger partial charge in [-0.25, -0.2) is 4.98 Å². The molecule has 2 heterocycles. The molecule has 5 nitrogen and oxygen atoms in total. The molecule has 1 aromatic carbocycles. The molecule has 1 aromatic heterocycles. The lowest BCUT2D eigenvalue weighted by atomic mass is 10.2. The van der Waals surface area contributed by atoms with E-state index in [4.69, 9.17) is 23.2 Å². The largest absolute Gasteiger partial charge is 0.353 e. The third kappa shape index (κ3) is 5.62. The van der Waals surface area contributed by atoms with Gasteiger partial charge in [0.1, 0.15) is 5.82 Å². The van der Waals surface area contributed by atoms with Crippen molar-refractivity contribution in [1.29, 1.82) is 0 Å². The second-order valence-corrected chi connectivity index (χ2v) is 6.78. The van der Waals surface area contributed by atoms with Crippen LogP contribution in [-0.4, -0.2) is 37.1 Å². The molecule has 0 spiro atoms. The highest BCUT2D eigenvalue weighted by molar-refractivity contribution is 14.0. The fourth-order valence-corrected chi connectivity index (χ4v) is 3.22. The van der Waals surface area contributed by atoms with E-state index in [1.54, 1.807) is 13.2 Å². The Kier molecular flexibility index (Phi) is 8.24. The first-order valence-electron chi connectivity index (χ1n) is 8.23. The van der Waals surface area contributed by atoms with E-state index in [9.17, 15) is 0 Å². The number of hydrogen-bond acceptors (Lipinski definition) is 3. The van der Waals surface area contributed by atoms with Crippen LogP contribution in [0.5, 0.6) is 0 Å². The minimum absolute atomic E-state index is 0. The molecule has 0 aliphatic carbocycles. The molecule has 0 saturated carbocycles. The number of anilines is 1. The summed E-state index contributed by atoms with van der Waals surface area (Å²) in [5, 5.41) is 8.23. The highest BCUT2D eigenvalue weighted by Crippen LogP contribution is 2.25. The lowest BCUT2D eigenvalue weighted by Crippen LogP contribution is -2.44. The zero-order valence-electron chi connectivity index (χ0n) is 14.5. The van der Waals surface area contributed by atoms with Gasteiger partial charge in [0.25, 0.3) is 0 Å². The number of guanidine groups is 1. The molecule has 1 saturated heterocycles. The highest BCUT2D eigenvalue weighted by atomic mass is 127. The zero-order valence-corrected chi connectivity index (χ0v) is 18.3. The summed E-state index contributed by atoms with van der Waals surface area (Å²) in [5.74, 6) is 1.63. The van der Waals surface area contributed by atoms with Gasteiger partial charge in [0.2, 0.25) is 0 Å². The van der Waals surface area contributed by atoms with E-state index < -0.39 is 0 Å². The predicted molar refractivity (Wildman–Crippen MR) is 120 cm³/mol. The number of aromatic nitrogens is 1. The molecule has 1 aliphatic rings. The van der Waals surface area contributed by atoms with Gasteiger partial charge in [0.15, 0.2) is 5.96 Å². The van der Waals surface area contributed by atoms with Gasteiger partial charge < -0.3 is 15.5 Å². The van der Waals surface area contributed by atoms with Crippen molar-refractivity contribution in [3.8, 4) is 0 Å². The molecule has 140 valence electrons. The van der Waals surface area contributed by atoms with Crippen molar-refractivity contribution in [3.63, 3.8) is 0 Å². The number of benzene rings is 1. The van der Waals surface area contributed by atoms with Crippen molar-refractivity contribution >= 4 is 59.0 Å². The number of aliphatic imine (C=N–C) groups is 1. The van der Waals surface area contributed by atoms with E-state index in [1.807, 2.05) is 36.4 Å². The van der Waals surface area contributed by atoms with Crippen LogP contribution in [-0.2, 0) is 6.54 Å². The van der Waals surface area contributed by atoms with E-state index >= 15 is 0 Å². The van der Waals surface area contributed by atoms with Gasteiger partial charge in [0.05, 0.1) is 5.02 Å². The van der Waals surface area contributed by atoms with Gasteiger partial charge >= 0.3 is 0 Å². The fourth-order valence-electron chi connectivity index (χ4n) is 2.86. The molecule has 3 rings (SSSR count). The molecule has 0 bridgehead atoms. The lowest BCUT2D eigenvalue weighted by molar-refractivity contribution is 0.648. The number of halogens is 3. The zero-order chi connectivity index (χ0) is 17.6. The van der Waals surface area contributed by atoms with Crippen LogP contribution in [0.3, 0.4) is 0 Å². The van der Waals surface area contributed by atoms with Crippen molar-refractivity contribution in [2.24, 2.45) is 4.99 Å². The van der Waals surface area contributed by atoms with Crippen LogP contribution >= 0.6 is 47.2 Å². The Labute approximate surface area is 181 Å². The van der Waals surface area contributed by atoms with Gasteiger partial charge in [0, 0.05) is 43.9 Å². The summed E-state index contributed by atoms with van der Waals surface area (Å²) in [6, 6.07) is 11.8. The quantitative estimate of drug-likeness (QED) is 0.375. The minimum atomic E-state index is 0. The van der Waals surface area contributed by atoms with Crippen LogP contribution in [0.2, 0.25) is 10.0 Å². The molecule has 2 aromatic rings. The average molecular weight is 506 g/mol. The molecule has 1 unspecified atom stereocenters. The molecule has 1 aliphatic heterocycles. The number of nitrogens with zero attached hydrogens (tertiary/aromatic N) is 3. The Morgan fingerprint density at radius 2 is 2.04 bits per heavy atom. The summed E-state index contributed by atoms with van der Waals surface area (Å²) in [6.07, 6.45) is 2.78. The van der Waals surface area contributed by atoms with Crippen LogP contribution in [0, 0.1) is 0 Å². The molecule has 8 heteroatoms. The van der Waals surface area contributed by atoms with E-state index in [1.165, 1.54) is 0 Å². The topological polar surface area (TPSA) is 52.6 Å². The first kappa shape index (κ1) is 21.1. The molecule has 26 heavy (non-hydrogen) atoms. The molecular weight excluding hydrogens is 484 g/mol. The third-order valence-electron chi connectivity index (χ3n) is 4.16. The lowest BCUT2D eigenvalue weighted by Gasteiger charge is -2.20. The number of pyridine rings is 1. The Morgan fingerprint density at radius 3 is 2.73 bits per heavy atom. The predicted octanol–water partition coefficient (Wildman–Crippen LogP) is 3.95. The Bertz CT molecular complexity index is 739. The van der Waals surface area contributed by atoms with Crippen LogP contribution in [0.25, 0.3) is 0 Å². The molecular formula is C18H22Cl2IN5. The van der Waals surface area contributed by atoms with E-state index in [2.05, 4.69) is 25.5 Å². The average Bonchev–Trinajstić information content (AvgIpc) is 3.08. The molecule has 0 amide bonds. The summed E-state index contributed by atoms with van der Waals surface area (Å²) in [4.78, 5) is 10.9. The number of rotatable bonds is 4.